The Bertz CT molecular complexity index is 366. The normalized spacial score (nSPS) is 37.5. The molecule has 0 aromatic rings. The minimum atomic E-state index is -2.87. The summed E-state index contributed by atoms with van der Waals surface area (Å²) in [6.07, 6.45) is 1.78. The fourth-order valence-electron chi connectivity index (χ4n) is 1.94. The van der Waals surface area contributed by atoms with Gasteiger partial charge in [0, 0.05) is 18.5 Å². The number of nitrogens with one attached hydrogen (secondary N) is 1. The first kappa shape index (κ1) is 10.9. The molecule has 2 rings (SSSR count). The van der Waals surface area contributed by atoms with Crippen molar-refractivity contribution in [2.45, 2.75) is 31.3 Å². The molecule has 5 nitrogen and oxygen atoms in total. The number of amides is 1. The third-order valence-electron chi connectivity index (χ3n) is 2.99. The number of rotatable bonds is 3. The maximum atomic E-state index is 11.4. The van der Waals surface area contributed by atoms with Crippen LogP contribution in [0, 0.1) is 5.92 Å². The third kappa shape index (κ3) is 2.92. The van der Waals surface area contributed by atoms with Crippen molar-refractivity contribution in [2.75, 3.05) is 11.5 Å². The monoisotopic (exact) mass is 232 g/mol. The van der Waals surface area contributed by atoms with E-state index in [1.54, 1.807) is 0 Å². The van der Waals surface area contributed by atoms with Crippen molar-refractivity contribution in [1.29, 1.82) is 0 Å². The zero-order chi connectivity index (χ0) is 11.1. The highest BCUT2D eigenvalue weighted by Crippen LogP contribution is 2.23. The van der Waals surface area contributed by atoms with Crippen LogP contribution < -0.4 is 11.1 Å². The lowest BCUT2D eigenvalue weighted by Gasteiger charge is -2.07. The molecule has 86 valence electrons. The quantitative estimate of drug-likeness (QED) is 0.655. The SMILES string of the molecule is NC1CC1NC(=O)CC1CCS(=O)(=O)C1. The van der Waals surface area contributed by atoms with Gasteiger partial charge in [-0.3, -0.25) is 4.79 Å². The summed E-state index contributed by atoms with van der Waals surface area (Å²) in [6.45, 7) is 0. The molecule has 0 aromatic carbocycles. The fraction of sp³-hybridized carbons (Fsp3) is 0.889. The second kappa shape index (κ2) is 3.75. The summed E-state index contributed by atoms with van der Waals surface area (Å²) in [5, 5.41) is 2.80. The van der Waals surface area contributed by atoms with Gasteiger partial charge in [0.2, 0.25) is 5.91 Å². The van der Waals surface area contributed by atoms with Crippen LogP contribution >= 0.6 is 0 Å². The molecule has 1 saturated carbocycles. The molecule has 0 radical (unpaired) electrons. The molecule has 0 spiro atoms. The number of carbonyl (C=O) groups is 1. The van der Waals surface area contributed by atoms with Crippen LogP contribution in [0.25, 0.3) is 0 Å². The maximum absolute atomic E-state index is 11.4. The Morgan fingerprint density at radius 2 is 2.13 bits per heavy atom. The van der Waals surface area contributed by atoms with E-state index in [0.29, 0.717) is 12.8 Å². The van der Waals surface area contributed by atoms with E-state index < -0.39 is 9.84 Å². The van der Waals surface area contributed by atoms with E-state index >= 15 is 0 Å². The molecule has 3 atom stereocenters. The average molecular weight is 232 g/mol. The van der Waals surface area contributed by atoms with Gasteiger partial charge in [-0.25, -0.2) is 8.42 Å². The standard InChI is InChI=1S/C9H16N2O3S/c10-7-4-8(7)11-9(12)3-6-1-2-15(13,14)5-6/h6-8H,1-5,10H2,(H,11,12). The molecule has 2 fully saturated rings. The molecule has 6 heteroatoms. The van der Waals surface area contributed by atoms with E-state index in [4.69, 9.17) is 5.73 Å². The van der Waals surface area contributed by atoms with E-state index in [9.17, 15) is 13.2 Å². The Kier molecular flexibility index (Phi) is 2.72. The summed E-state index contributed by atoms with van der Waals surface area (Å²) in [7, 11) is -2.87. The van der Waals surface area contributed by atoms with Crippen molar-refractivity contribution in [2.24, 2.45) is 11.7 Å². The predicted octanol–water partition coefficient (Wildman–Crippen LogP) is -0.973. The lowest BCUT2D eigenvalue weighted by molar-refractivity contribution is -0.122. The Balaban J connectivity index is 1.75. The van der Waals surface area contributed by atoms with Gasteiger partial charge < -0.3 is 11.1 Å². The first-order chi connectivity index (χ1) is 6.96. The number of nitrogens with two attached hydrogens (primary N) is 1. The Morgan fingerprint density at radius 3 is 2.60 bits per heavy atom. The first-order valence-corrected chi connectivity index (χ1v) is 7.04. The van der Waals surface area contributed by atoms with Crippen LogP contribution in [0.3, 0.4) is 0 Å². The highest BCUT2D eigenvalue weighted by atomic mass is 32.2. The van der Waals surface area contributed by atoms with Crippen molar-refractivity contribution in [3.63, 3.8) is 0 Å². The molecule has 0 bridgehead atoms. The van der Waals surface area contributed by atoms with Crippen molar-refractivity contribution in [1.82, 2.24) is 5.32 Å². The largest absolute Gasteiger partial charge is 0.352 e. The van der Waals surface area contributed by atoms with E-state index in [2.05, 4.69) is 5.32 Å². The smallest absolute Gasteiger partial charge is 0.220 e. The van der Waals surface area contributed by atoms with Gasteiger partial charge in [-0.05, 0) is 18.8 Å². The van der Waals surface area contributed by atoms with Crippen molar-refractivity contribution < 1.29 is 13.2 Å². The van der Waals surface area contributed by atoms with E-state index in [-0.39, 0.29) is 35.4 Å². The summed E-state index contributed by atoms with van der Waals surface area (Å²) < 4.78 is 22.3. The molecular formula is C9H16N2O3S. The van der Waals surface area contributed by atoms with Crippen LogP contribution in [0.4, 0.5) is 0 Å². The summed E-state index contributed by atoms with van der Waals surface area (Å²) in [6, 6.07) is 0.219. The predicted molar refractivity (Wildman–Crippen MR) is 55.9 cm³/mol. The molecule has 1 aliphatic carbocycles. The summed E-state index contributed by atoms with van der Waals surface area (Å²) >= 11 is 0. The van der Waals surface area contributed by atoms with Gasteiger partial charge in [-0.2, -0.15) is 0 Å². The van der Waals surface area contributed by atoms with Crippen LogP contribution in [-0.4, -0.2) is 37.9 Å². The number of carbonyl (C=O) groups excluding carboxylic acids is 1. The fourth-order valence-corrected chi connectivity index (χ4v) is 3.80. The Labute approximate surface area is 89.3 Å². The number of hydrogen-bond donors (Lipinski definition) is 2. The first-order valence-electron chi connectivity index (χ1n) is 5.21. The minimum absolute atomic E-state index is 0.00461. The maximum Gasteiger partial charge on any atom is 0.220 e. The molecular weight excluding hydrogens is 216 g/mol. The van der Waals surface area contributed by atoms with Gasteiger partial charge in [0.05, 0.1) is 11.5 Å². The Morgan fingerprint density at radius 1 is 1.47 bits per heavy atom. The van der Waals surface area contributed by atoms with Gasteiger partial charge in [0.1, 0.15) is 0 Å². The zero-order valence-corrected chi connectivity index (χ0v) is 9.29. The van der Waals surface area contributed by atoms with Crippen molar-refractivity contribution in [3.05, 3.63) is 0 Å². The number of sulfone groups is 1. The summed E-state index contributed by atoms with van der Waals surface area (Å²) in [5.74, 6) is 0.338. The third-order valence-corrected chi connectivity index (χ3v) is 4.82. The lowest BCUT2D eigenvalue weighted by Crippen LogP contribution is -2.31. The van der Waals surface area contributed by atoms with Crippen LogP contribution in [-0.2, 0) is 14.6 Å². The highest BCUT2D eigenvalue weighted by Gasteiger charge is 2.36. The zero-order valence-electron chi connectivity index (χ0n) is 8.48. The van der Waals surface area contributed by atoms with Gasteiger partial charge >= 0.3 is 0 Å². The lowest BCUT2D eigenvalue weighted by atomic mass is 10.1. The van der Waals surface area contributed by atoms with E-state index in [0.717, 1.165) is 6.42 Å². The van der Waals surface area contributed by atoms with Crippen LogP contribution in [0.1, 0.15) is 19.3 Å². The van der Waals surface area contributed by atoms with Crippen LogP contribution in [0.2, 0.25) is 0 Å². The van der Waals surface area contributed by atoms with Gasteiger partial charge in [0.25, 0.3) is 0 Å². The molecule has 3 unspecified atom stereocenters. The van der Waals surface area contributed by atoms with Crippen LogP contribution in [0.15, 0.2) is 0 Å². The summed E-state index contributed by atoms with van der Waals surface area (Å²) in [5.41, 5.74) is 5.56. The molecule has 1 amide bonds. The van der Waals surface area contributed by atoms with E-state index in [1.807, 2.05) is 0 Å². The molecule has 15 heavy (non-hydrogen) atoms. The molecule has 1 heterocycles. The van der Waals surface area contributed by atoms with Crippen molar-refractivity contribution >= 4 is 15.7 Å². The molecule has 3 N–H and O–H groups in total. The second-order valence-electron chi connectivity index (χ2n) is 4.55. The van der Waals surface area contributed by atoms with Gasteiger partial charge in [0.15, 0.2) is 9.84 Å². The topological polar surface area (TPSA) is 89.3 Å². The van der Waals surface area contributed by atoms with Crippen molar-refractivity contribution in [3.8, 4) is 0 Å². The van der Waals surface area contributed by atoms with Crippen LogP contribution in [0.5, 0.6) is 0 Å². The molecule has 2 aliphatic rings. The summed E-state index contributed by atoms with van der Waals surface area (Å²) in [4.78, 5) is 11.4. The molecule has 0 aromatic heterocycles. The molecule has 1 aliphatic heterocycles. The average Bonchev–Trinajstić information content (AvgIpc) is 2.65. The minimum Gasteiger partial charge on any atom is -0.352 e. The number of hydrogen-bond acceptors (Lipinski definition) is 4. The van der Waals surface area contributed by atoms with Gasteiger partial charge in [-0.15, -0.1) is 0 Å². The Hall–Kier alpha value is -0.620. The van der Waals surface area contributed by atoms with Gasteiger partial charge in [-0.1, -0.05) is 0 Å². The second-order valence-corrected chi connectivity index (χ2v) is 6.78. The highest BCUT2D eigenvalue weighted by molar-refractivity contribution is 7.91. The van der Waals surface area contributed by atoms with E-state index in [1.165, 1.54) is 0 Å². The molecule has 1 saturated heterocycles.